The number of ether oxygens (including phenoxy) is 3. The zero-order chi connectivity index (χ0) is 15.2. The van der Waals surface area contributed by atoms with Gasteiger partial charge in [0.05, 0.1) is 19.9 Å². The fraction of sp³-hybridized carbons (Fsp3) is 0.312. The third kappa shape index (κ3) is 4.11. The van der Waals surface area contributed by atoms with E-state index in [4.69, 9.17) is 14.2 Å². The summed E-state index contributed by atoms with van der Waals surface area (Å²) < 4.78 is 16.4. The molecule has 112 valence electrons. The molecule has 4 nitrogen and oxygen atoms in total. The summed E-state index contributed by atoms with van der Waals surface area (Å²) in [6, 6.07) is 9.61. The van der Waals surface area contributed by atoms with E-state index in [1.165, 1.54) is 0 Å². The average Bonchev–Trinajstić information content (AvgIpc) is 2.52. The molecule has 1 aromatic carbocycles. The Kier molecular flexibility index (Phi) is 5.44. The van der Waals surface area contributed by atoms with Gasteiger partial charge in [0.15, 0.2) is 11.5 Å². The lowest BCUT2D eigenvalue weighted by molar-refractivity contribution is 0.279. The van der Waals surface area contributed by atoms with Crippen molar-refractivity contribution in [3.63, 3.8) is 0 Å². The maximum atomic E-state index is 5.81. The number of aromatic nitrogens is 1. The second-order valence-corrected chi connectivity index (χ2v) is 5.11. The highest BCUT2D eigenvalue weighted by Crippen LogP contribution is 2.29. The van der Waals surface area contributed by atoms with Gasteiger partial charge < -0.3 is 14.2 Å². The Morgan fingerprint density at radius 3 is 2.52 bits per heavy atom. The van der Waals surface area contributed by atoms with E-state index in [0.29, 0.717) is 18.1 Å². The van der Waals surface area contributed by atoms with E-state index in [1.54, 1.807) is 14.2 Å². The molecule has 0 unspecified atom stereocenters. The lowest BCUT2D eigenvalue weighted by Crippen LogP contribution is -2.02. The van der Waals surface area contributed by atoms with Crippen molar-refractivity contribution in [1.29, 1.82) is 0 Å². The first-order valence-electron chi connectivity index (χ1n) is 6.53. The van der Waals surface area contributed by atoms with Crippen LogP contribution in [-0.2, 0) is 11.9 Å². The van der Waals surface area contributed by atoms with Gasteiger partial charge in [-0.3, -0.25) is 4.98 Å². The van der Waals surface area contributed by atoms with Gasteiger partial charge in [-0.1, -0.05) is 22.0 Å². The van der Waals surface area contributed by atoms with Crippen LogP contribution in [0.3, 0.4) is 0 Å². The van der Waals surface area contributed by atoms with Crippen LogP contribution < -0.4 is 14.2 Å². The number of halogens is 1. The SMILES string of the molecule is COc1cc(C)nc(COc2ccc(CBr)cc2OC)c1. The molecule has 0 aliphatic rings. The lowest BCUT2D eigenvalue weighted by Gasteiger charge is -2.12. The zero-order valence-electron chi connectivity index (χ0n) is 12.4. The predicted molar refractivity (Wildman–Crippen MR) is 85.5 cm³/mol. The van der Waals surface area contributed by atoms with Gasteiger partial charge in [0, 0.05) is 23.2 Å². The van der Waals surface area contributed by atoms with Crippen molar-refractivity contribution in [2.24, 2.45) is 0 Å². The molecule has 0 atom stereocenters. The minimum atomic E-state index is 0.363. The summed E-state index contributed by atoms with van der Waals surface area (Å²) in [6.45, 7) is 2.29. The number of hydrogen-bond donors (Lipinski definition) is 0. The Bertz CT molecular complexity index is 616. The highest BCUT2D eigenvalue weighted by atomic mass is 79.9. The molecule has 2 aromatic rings. The van der Waals surface area contributed by atoms with E-state index >= 15 is 0 Å². The van der Waals surface area contributed by atoms with Crippen LogP contribution >= 0.6 is 15.9 Å². The summed E-state index contributed by atoms with van der Waals surface area (Å²) in [7, 11) is 3.27. The Labute approximate surface area is 133 Å². The maximum absolute atomic E-state index is 5.81. The smallest absolute Gasteiger partial charge is 0.161 e. The third-order valence-electron chi connectivity index (χ3n) is 2.97. The first kappa shape index (κ1) is 15.6. The van der Waals surface area contributed by atoms with Crippen LogP contribution in [0.5, 0.6) is 17.2 Å². The third-order valence-corrected chi connectivity index (χ3v) is 3.62. The lowest BCUT2D eigenvalue weighted by atomic mass is 10.2. The van der Waals surface area contributed by atoms with E-state index < -0.39 is 0 Å². The van der Waals surface area contributed by atoms with Gasteiger partial charge in [0.1, 0.15) is 12.4 Å². The average molecular weight is 352 g/mol. The van der Waals surface area contributed by atoms with Gasteiger partial charge in [-0.25, -0.2) is 0 Å². The second kappa shape index (κ2) is 7.31. The molecule has 0 bridgehead atoms. The molecule has 2 rings (SSSR count). The molecular formula is C16H18BrNO3. The summed E-state index contributed by atoms with van der Waals surface area (Å²) >= 11 is 3.42. The zero-order valence-corrected chi connectivity index (χ0v) is 13.9. The number of methoxy groups -OCH3 is 2. The molecule has 0 spiro atoms. The standard InChI is InChI=1S/C16H18BrNO3/c1-11-6-14(19-2)8-13(18-11)10-21-15-5-4-12(9-17)7-16(15)20-3/h4-8H,9-10H2,1-3H3. The molecule has 0 saturated heterocycles. The van der Waals surface area contributed by atoms with Gasteiger partial charge in [0.25, 0.3) is 0 Å². The van der Waals surface area contributed by atoms with Crippen molar-refractivity contribution < 1.29 is 14.2 Å². The minimum absolute atomic E-state index is 0.363. The van der Waals surface area contributed by atoms with Gasteiger partial charge >= 0.3 is 0 Å². The van der Waals surface area contributed by atoms with Crippen LogP contribution in [0.4, 0.5) is 0 Å². The number of pyridine rings is 1. The predicted octanol–water partition coefficient (Wildman–Crippen LogP) is 3.88. The summed E-state index contributed by atoms with van der Waals surface area (Å²) in [5, 5.41) is 0.778. The van der Waals surface area contributed by atoms with E-state index in [9.17, 15) is 0 Å². The number of rotatable bonds is 6. The van der Waals surface area contributed by atoms with E-state index in [1.807, 2.05) is 37.3 Å². The van der Waals surface area contributed by atoms with E-state index in [-0.39, 0.29) is 0 Å². The van der Waals surface area contributed by atoms with Crippen molar-refractivity contribution >= 4 is 15.9 Å². The van der Waals surface area contributed by atoms with Gasteiger partial charge in [0.2, 0.25) is 0 Å². The minimum Gasteiger partial charge on any atom is -0.497 e. The van der Waals surface area contributed by atoms with Crippen LogP contribution in [0.25, 0.3) is 0 Å². The molecule has 0 N–H and O–H groups in total. The number of alkyl halides is 1. The monoisotopic (exact) mass is 351 g/mol. The molecule has 0 saturated carbocycles. The topological polar surface area (TPSA) is 40.6 Å². The van der Waals surface area contributed by atoms with Crippen molar-refractivity contribution in [2.45, 2.75) is 18.9 Å². The second-order valence-electron chi connectivity index (χ2n) is 4.55. The highest BCUT2D eigenvalue weighted by molar-refractivity contribution is 9.08. The maximum Gasteiger partial charge on any atom is 0.161 e. The molecule has 0 aliphatic carbocycles. The van der Waals surface area contributed by atoms with Crippen molar-refractivity contribution in [1.82, 2.24) is 4.98 Å². The van der Waals surface area contributed by atoms with Crippen molar-refractivity contribution in [3.8, 4) is 17.2 Å². The van der Waals surface area contributed by atoms with Crippen LogP contribution in [0.2, 0.25) is 0 Å². The van der Waals surface area contributed by atoms with Gasteiger partial charge in [-0.05, 0) is 24.6 Å². The summed E-state index contributed by atoms with van der Waals surface area (Å²) in [5.74, 6) is 2.19. The van der Waals surface area contributed by atoms with Crippen LogP contribution in [-0.4, -0.2) is 19.2 Å². The molecular weight excluding hydrogens is 334 g/mol. The Morgan fingerprint density at radius 2 is 1.86 bits per heavy atom. The largest absolute Gasteiger partial charge is 0.497 e. The van der Waals surface area contributed by atoms with Gasteiger partial charge in [-0.2, -0.15) is 0 Å². The van der Waals surface area contributed by atoms with Gasteiger partial charge in [-0.15, -0.1) is 0 Å². The molecule has 21 heavy (non-hydrogen) atoms. The molecule has 1 heterocycles. The molecule has 0 aliphatic heterocycles. The fourth-order valence-corrected chi connectivity index (χ4v) is 2.31. The molecule has 0 radical (unpaired) electrons. The summed E-state index contributed by atoms with van der Waals surface area (Å²) in [4.78, 5) is 4.43. The van der Waals surface area contributed by atoms with E-state index in [0.717, 1.165) is 28.0 Å². The molecule has 0 fully saturated rings. The normalized spacial score (nSPS) is 10.3. The van der Waals surface area contributed by atoms with Crippen molar-refractivity contribution in [3.05, 3.63) is 47.3 Å². The Balaban J connectivity index is 2.14. The fourth-order valence-electron chi connectivity index (χ4n) is 1.96. The number of nitrogens with zero attached hydrogens (tertiary/aromatic N) is 1. The van der Waals surface area contributed by atoms with Crippen molar-refractivity contribution in [2.75, 3.05) is 14.2 Å². The summed E-state index contributed by atoms with van der Waals surface area (Å²) in [6.07, 6.45) is 0. The Hall–Kier alpha value is -1.75. The van der Waals surface area contributed by atoms with Crippen LogP contribution in [0.15, 0.2) is 30.3 Å². The molecule has 1 aromatic heterocycles. The van der Waals surface area contributed by atoms with Crippen LogP contribution in [0.1, 0.15) is 17.0 Å². The number of aryl methyl sites for hydroxylation is 1. The highest BCUT2D eigenvalue weighted by Gasteiger charge is 2.07. The molecule has 0 amide bonds. The summed E-state index contributed by atoms with van der Waals surface area (Å²) in [5.41, 5.74) is 2.85. The Morgan fingerprint density at radius 1 is 1.05 bits per heavy atom. The quantitative estimate of drug-likeness (QED) is 0.740. The first-order chi connectivity index (χ1) is 10.2. The van der Waals surface area contributed by atoms with E-state index in [2.05, 4.69) is 20.9 Å². The first-order valence-corrected chi connectivity index (χ1v) is 7.65. The van der Waals surface area contributed by atoms with Crippen LogP contribution in [0, 0.1) is 6.92 Å². The number of benzene rings is 1. The molecule has 5 heteroatoms. The number of hydrogen-bond acceptors (Lipinski definition) is 4.